The Hall–Kier alpha value is -1.12. The van der Waals surface area contributed by atoms with Crippen molar-refractivity contribution in [2.75, 3.05) is 19.7 Å². The minimum absolute atomic E-state index is 0.250. The lowest BCUT2D eigenvalue weighted by Crippen LogP contribution is -2.20. The number of hydrogen-bond acceptors (Lipinski definition) is 2. The maximum absolute atomic E-state index is 5.90. The molecule has 2 rings (SSSR count). The fourth-order valence-corrected chi connectivity index (χ4v) is 2.59. The lowest BCUT2D eigenvalue weighted by molar-refractivity contribution is 0.0445. The van der Waals surface area contributed by atoms with Gasteiger partial charge in [0, 0.05) is 0 Å². The van der Waals surface area contributed by atoms with Crippen LogP contribution in [0.5, 0.6) is 0 Å². The molecule has 110 valence electrons. The Morgan fingerprint density at radius 3 is 3.00 bits per heavy atom. The summed E-state index contributed by atoms with van der Waals surface area (Å²) in [6, 6.07) is 8.67. The Labute approximate surface area is 123 Å². The van der Waals surface area contributed by atoms with E-state index in [1.54, 1.807) is 0 Å². The van der Waals surface area contributed by atoms with Crippen LogP contribution in [0.25, 0.3) is 0 Å². The molecule has 0 spiro atoms. The van der Waals surface area contributed by atoms with Crippen LogP contribution in [0.2, 0.25) is 0 Å². The Balaban J connectivity index is 1.72. The molecular weight excluding hydrogens is 246 g/mol. The molecule has 0 amide bonds. The number of benzene rings is 1. The van der Waals surface area contributed by atoms with Crippen LogP contribution in [0.4, 0.5) is 0 Å². The zero-order valence-electron chi connectivity index (χ0n) is 12.8. The average molecular weight is 273 g/mol. The van der Waals surface area contributed by atoms with E-state index < -0.39 is 0 Å². The van der Waals surface area contributed by atoms with Gasteiger partial charge in [0.25, 0.3) is 0 Å². The van der Waals surface area contributed by atoms with Crippen molar-refractivity contribution in [3.05, 3.63) is 47.5 Å². The molecule has 0 bridgehead atoms. The topological polar surface area (TPSA) is 21.3 Å². The Bertz CT molecular complexity index is 425. The van der Waals surface area contributed by atoms with Gasteiger partial charge in [-0.05, 0) is 49.4 Å². The highest BCUT2D eigenvalue weighted by Gasteiger charge is 2.18. The smallest absolute Gasteiger partial charge is 0.0862 e. The minimum Gasteiger partial charge on any atom is -0.373 e. The summed E-state index contributed by atoms with van der Waals surface area (Å²) in [6.07, 6.45) is 7.93. The number of rotatable bonds is 7. The summed E-state index contributed by atoms with van der Waals surface area (Å²) in [6.45, 7) is 7.50. The summed E-state index contributed by atoms with van der Waals surface area (Å²) in [7, 11) is 0. The van der Waals surface area contributed by atoms with Crippen LogP contribution in [-0.2, 0) is 11.2 Å². The van der Waals surface area contributed by atoms with Crippen molar-refractivity contribution in [2.24, 2.45) is 5.92 Å². The first-order valence-electron chi connectivity index (χ1n) is 7.82. The van der Waals surface area contributed by atoms with Gasteiger partial charge >= 0.3 is 0 Å². The largest absolute Gasteiger partial charge is 0.373 e. The monoisotopic (exact) mass is 273 g/mol. The first-order valence-corrected chi connectivity index (χ1v) is 7.82. The van der Waals surface area contributed by atoms with Crippen molar-refractivity contribution in [3.63, 3.8) is 0 Å². The van der Waals surface area contributed by atoms with Crippen LogP contribution >= 0.6 is 0 Å². The molecule has 0 aliphatic carbocycles. The van der Waals surface area contributed by atoms with Gasteiger partial charge in [0.05, 0.1) is 12.7 Å². The summed E-state index contributed by atoms with van der Waals surface area (Å²) in [5.41, 5.74) is 2.83. The van der Waals surface area contributed by atoms with Gasteiger partial charge in [-0.3, -0.25) is 0 Å². The lowest BCUT2D eigenvalue weighted by Gasteiger charge is -2.25. The van der Waals surface area contributed by atoms with E-state index in [1.807, 2.05) is 0 Å². The lowest BCUT2D eigenvalue weighted by atomic mass is 9.96. The van der Waals surface area contributed by atoms with Gasteiger partial charge in [0.2, 0.25) is 0 Å². The van der Waals surface area contributed by atoms with Gasteiger partial charge in [-0.2, -0.15) is 0 Å². The number of hydrogen-bond donors (Lipinski definition) is 1. The molecule has 0 saturated carbocycles. The van der Waals surface area contributed by atoms with Crippen molar-refractivity contribution in [1.82, 2.24) is 5.32 Å². The summed E-state index contributed by atoms with van der Waals surface area (Å²) in [5, 5.41) is 3.46. The van der Waals surface area contributed by atoms with Gasteiger partial charge in [-0.25, -0.2) is 0 Å². The van der Waals surface area contributed by atoms with Crippen molar-refractivity contribution in [2.45, 2.75) is 39.2 Å². The number of nitrogens with one attached hydrogen (secondary N) is 1. The number of ether oxygens (including phenoxy) is 1. The molecule has 1 aliphatic heterocycles. The molecule has 1 aromatic carbocycles. The van der Waals surface area contributed by atoms with Crippen LogP contribution in [0, 0.1) is 5.92 Å². The fourth-order valence-electron chi connectivity index (χ4n) is 2.59. The van der Waals surface area contributed by atoms with Crippen LogP contribution in [0.3, 0.4) is 0 Å². The van der Waals surface area contributed by atoms with E-state index in [4.69, 9.17) is 4.74 Å². The van der Waals surface area contributed by atoms with E-state index >= 15 is 0 Å². The van der Waals surface area contributed by atoms with Gasteiger partial charge in [-0.1, -0.05) is 50.3 Å². The van der Waals surface area contributed by atoms with E-state index in [0.29, 0.717) is 0 Å². The molecule has 2 heteroatoms. The Morgan fingerprint density at radius 2 is 2.15 bits per heavy atom. The second-order valence-electron chi connectivity index (χ2n) is 5.90. The van der Waals surface area contributed by atoms with Crippen molar-refractivity contribution >= 4 is 0 Å². The molecule has 1 aromatic rings. The molecule has 0 fully saturated rings. The van der Waals surface area contributed by atoms with Gasteiger partial charge < -0.3 is 10.1 Å². The van der Waals surface area contributed by atoms with Crippen LogP contribution < -0.4 is 5.32 Å². The van der Waals surface area contributed by atoms with E-state index in [9.17, 15) is 0 Å². The van der Waals surface area contributed by atoms with Crippen molar-refractivity contribution in [1.29, 1.82) is 0 Å². The van der Waals surface area contributed by atoms with E-state index in [1.165, 1.54) is 11.1 Å². The first-order chi connectivity index (χ1) is 9.77. The molecule has 0 saturated heterocycles. The maximum Gasteiger partial charge on any atom is 0.0862 e. The molecule has 0 aromatic heterocycles. The molecule has 2 nitrogen and oxygen atoms in total. The molecule has 1 aliphatic rings. The quantitative estimate of drug-likeness (QED) is 0.601. The summed E-state index contributed by atoms with van der Waals surface area (Å²) in [4.78, 5) is 0. The summed E-state index contributed by atoms with van der Waals surface area (Å²) in [5.74, 6) is 0.728. The number of fused-ring (bicyclic) bond motifs is 1. The standard InChI is InChI=1S/C18H27NO/c1-15(2)14-19-12-7-3-4-10-18-17-9-6-5-8-16(17)11-13-20-18/h3-6,8-9,15,18-19H,7,10-14H2,1-2H3. The predicted molar refractivity (Wildman–Crippen MR) is 84.9 cm³/mol. The third-order valence-corrected chi connectivity index (χ3v) is 3.65. The zero-order chi connectivity index (χ0) is 14.2. The maximum atomic E-state index is 5.90. The second kappa shape index (κ2) is 8.23. The molecule has 20 heavy (non-hydrogen) atoms. The SMILES string of the molecule is CC(C)CNCCC=CCC1OCCc2ccccc21. The van der Waals surface area contributed by atoms with Gasteiger partial charge in [0.1, 0.15) is 0 Å². The third-order valence-electron chi connectivity index (χ3n) is 3.65. The molecule has 1 N–H and O–H groups in total. The van der Waals surface area contributed by atoms with Crippen LogP contribution in [-0.4, -0.2) is 19.7 Å². The third kappa shape index (κ3) is 4.77. The second-order valence-corrected chi connectivity index (χ2v) is 5.90. The fraction of sp³-hybridized carbons (Fsp3) is 0.556. The Morgan fingerprint density at radius 1 is 1.30 bits per heavy atom. The Kier molecular flexibility index (Phi) is 6.28. The molecular formula is C18H27NO. The molecule has 1 unspecified atom stereocenters. The molecule has 0 radical (unpaired) electrons. The minimum atomic E-state index is 0.250. The average Bonchev–Trinajstić information content (AvgIpc) is 2.46. The molecule has 1 atom stereocenters. The predicted octanol–water partition coefficient (Wildman–Crippen LogP) is 3.88. The van der Waals surface area contributed by atoms with E-state index in [2.05, 4.69) is 55.6 Å². The first kappa shape index (κ1) is 15.3. The normalized spacial score (nSPS) is 18.6. The highest BCUT2D eigenvalue weighted by Crippen LogP contribution is 2.29. The summed E-state index contributed by atoms with van der Waals surface area (Å²) >= 11 is 0. The molecule has 1 heterocycles. The summed E-state index contributed by atoms with van der Waals surface area (Å²) < 4.78 is 5.90. The van der Waals surface area contributed by atoms with Crippen molar-refractivity contribution < 1.29 is 4.74 Å². The van der Waals surface area contributed by atoms with E-state index in [-0.39, 0.29) is 6.10 Å². The van der Waals surface area contributed by atoms with Crippen LogP contribution in [0.1, 0.15) is 43.9 Å². The highest BCUT2D eigenvalue weighted by atomic mass is 16.5. The highest BCUT2D eigenvalue weighted by molar-refractivity contribution is 5.31. The van der Waals surface area contributed by atoms with Gasteiger partial charge in [0.15, 0.2) is 0 Å². The van der Waals surface area contributed by atoms with Crippen molar-refractivity contribution in [3.8, 4) is 0 Å². The zero-order valence-corrected chi connectivity index (χ0v) is 12.8. The van der Waals surface area contributed by atoms with Gasteiger partial charge in [-0.15, -0.1) is 0 Å². The van der Waals surface area contributed by atoms with E-state index in [0.717, 1.165) is 44.9 Å². The van der Waals surface area contributed by atoms with Crippen LogP contribution in [0.15, 0.2) is 36.4 Å².